The highest BCUT2D eigenvalue weighted by Crippen LogP contribution is 2.26. The van der Waals surface area contributed by atoms with Crippen molar-refractivity contribution in [3.05, 3.63) is 107 Å². The number of hydrogen-bond donors (Lipinski definition) is 0. The Labute approximate surface area is 198 Å². The average Bonchev–Trinajstić information content (AvgIpc) is 3.08. The minimum atomic E-state index is -0.651. The summed E-state index contributed by atoms with van der Waals surface area (Å²) in [5, 5.41) is 0.952. The predicted molar refractivity (Wildman–Crippen MR) is 129 cm³/mol. The molecule has 0 saturated heterocycles. The summed E-state index contributed by atoms with van der Waals surface area (Å²) in [6.07, 6.45) is 5.40. The van der Waals surface area contributed by atoms with E-state index in [1.807, 2.05) is 42.5 Å². The Balaban J connectivity index is 1.90. The van der Waals surface area contributed by atoms with E-state index >= 15 is 0 Å². The molecule has 3 aromatic rings. The molecule has 0 amide bonds. The van der Waals surface area contributed by atoms with Crippen LogP contribution in [0.15, 0.2) is 75.7 Å². The fraction of sp³-hybridized carbons (Fsp3) is 0.125. The van der Waals surface area contributed by atoms with E-state index in [1.54, 1.807) is 31.2 Å². The molecule has 1 aliphatic rings. The molecule has 0 N–H and O–H groups in total. The van der Waals surface area contributed by atoms with E-state index in [0.717, 1.165) is 5.56 Å². The molecule has 1 aliphatic heterocycles. The summed E-state index contributed by atoms with van der Waals surface area (Å²) >= 11 is 13.5. The van der Waals surface area contributed by atoms with Crippen molar-refractivity contribution in [3.63, 3.8) is 0 Å². The van der Waals surface area contributed by atoms with Gasteiger partial charge in [-0.2, -0.15) is 0 Å². The normalized spacial score (nSPS) is 16.2. The molecule has 0 spiro atoms. The molecule has 162 valence electrons. The number of carbonyl (C=O) groups excluding carboxylic acids is 1. The minimum Gasteiger partial charge on any atom is -0.466 e. The number of esters is 1. The van der Waals surface area contributed by atoms with E-state index in [2.05, 4.69) is 4.99 Å². The summed E-state index contributed by atoms with van der Waals surface area (Å²) in [5.41, 5.74) is 2.18. The number of ether oxygens (including phenoxy) is 1. The predicted octanol–water partition coefficient (Wildman–Crippen LogP) is 4.38. The van der Waals surface area contributed by atoms with Gasteiger partial charge in [0.05, 0.1) is 29.0 Å². The van der Waals surface area contributed by atoms with Crippen LogP contribution in [0.4, 0.5) is 0 Å². The van der Waals surface area contributed by atoms with Crippen LogP contribution < -0.4 is 14.9 Å². The Kier molecular flexibility index (Phi) is 6.46. The van der Waals surface area contributed by atoms with Crippen molar-refractivity contribution in [2.45, 2.75) is 13.0 Å². The van der Waals surface area contributed by atoms with Gasteiger partial charge in [-0.05, 0) is 36.3 Å². The molecule has 0 aliphatic carbocycles. The zero-order valence-electron chi connectivity index (χ0n) is 17.2. The van der Waals surface area contributed by atoms with Gasteiger partial charge in [-0.25, -0.2) is 9.79 Å². The summed E-state index contributed by atoms with van der Waals surface area (Å²) in [5.74, 6) is -0.524. The van der Waals surface area contributed by atoms with E-state index in [0.29, 0.717) is 36.2 Å². The third kappa shape index (κ3) is 4.35. The van der Waals surface area contributed by atoms with Crippen LogP contribution in [0.1, 0.15) is 24.1 Å². The second kappa shape index (κ2) is 9.28. The number of aromatic nitrogens is 1. The molecule has 0 fully saturated rings. The number of nitrogens with zero attached hydrogens (tertiary/aromatic N) is 2. The number of halogens is 2. The molecule has 0 bridgehead atoms. The summed E-state index contributed by atoms with van der Waals surface area (Å²) in [7, 11) is 1.31. The third-order valence-corrected chi connectivity index (χ3v) is 6.53. The number of thiazole rings is 1. The van der Waals surface area contributed by atoms with Gasteiger partial charge in [0.15, 0.2) is 4.80 Å². The molecule has 1 atom stereocenters. The van der Waals surface area contributed by atoms with Crippen molar-refractivity contribution in [3.8, 4) is 0 Å². The highest BCUT2D eigenvalue weighted by atomic mass is 35.5. The van der Waals surface area contributed by atoms with E-state index in [1.165, 1.54) is 23.0 Å². The molecule has 2 heterocycles. The number of hydrogen-bond acceptors (Lipinski definition) is 5. The molecule has 5 nitrogen and oxygen atoms in total. The van der Waals surface area contributed by atoms with Crippen LogP contribution in [0, 0.1) is 0 Å². The van der Waals surface area contributed by atoms with Crippen LogP contribution in [0.5, 0.6) is 0 Å². The lowest BCUT2D eigenvalue weighted by molar-refractivity contribution is -0.136. The van der Waals surface area contributed by atoms with Gasteiger partial charge in [0.25, 0.3) is 5.56 Å². The van der Waals surface area contributed by atoms with Crippen molar-refractivity contribution >= 4 is 52.7 Å². The summed E-state index contributed by atoms with van der Waals surface area (Å²) < 4.78 is 6.95. The molecule has 8 heteroatoms. The van der Waals surface area contributed by atoms with Gasteiger partial charge in [0, 0.05) is 10.0 Å². The topological polar surface area (TPSA) is 60.7 Å². The van der Waals surface area contributed by atoms with E-state index in [9.17, 15) is 9.59 Å². The Morgan fingerprint density at radius 3 is 2.62 bits per heavy atom. The Hall–Kier alpha value is -2.93. The van der Waals surface area contributed by atoms with Gasteiger partial charge >= 0.3 is 5.97 Å². The van der Waals surface area contributed by atoms with Gasteiger partial charge < -0.3 is 4.74 Å². The number of allylic oxidation sites excluding steroid dienone is 2. The van der Waals surface area contributed by atoms with Crippen LogP contribution in [0.25, 0.3) is 12.2 Å². The fourth-order valence-electron chi connectivity index (χ4n) is 3.44. The highest BCUT2D eigenvalue weighted by Gasteiger charge is 2.30. The largest absolute Gasteiger partial charge is 0.466 e. The fourth-order valence-corrected chi connectivity index (χ4v) is 4.95. The molecule has 1 aromatic heterocycles. The Morgan fingerprint density at radius 1 is 1.19 bits per heavy atom. The maximum atomic E-state index is 13.4. The zero-order chi connectivity index (χ0) is 22.8. The number of fused-ring (bicyclic) bond motifs is 1. The first-order valence-electron chi connectivity index (χ1n) is 9.68. The molecule has 0 unspecified atom stereocenters. The molecule has 0 radical (unpaired) electrons. The van der Waals surface area contributed by atoms with Crippen molar-refractivity contribution in [1.29, 1.82) is 0 Å². The lowest BCUT2D eigenvalue weighted by atomic mass is 10.0. The van der Waals surface area contributed by atoms with Crippen molar-refractivity contribution in [2.75, 3.05) is 7.11 Å². The summed E-state index contributed by atoms with van der Waals surface area (Å²) in [6, 6.07) is 14.1. The van der Waals surface area contributed by atoms with E-state index in [-0.39, 0.29) is 5.56 Å². The standard InChI is InChI=1S/C24H18Cl2N2O3S/c1-14-21(23(30)31-2)19(11-8-15-6-4-3-5-7-15)28-22(29)20(32-24(28)27-14)12-16-9-10-17(25)13-18(16)26/h3-13,19H,1-2H3/b11-8+,20-12-/t19-/m1/s1. The second-order valence-electron chi connectivity index (χ2n) is 7.05. The minimum absolute atomic E-state index is 0.267. The lowest BCUT2D eigenvalue weighted by Crippen LogP contribution is -2.38. The second-order valence-corrected chi connectivity index (χ2v) is 8.90. The smallest absolute Gasteiger partial charge is 0.338 e. The third-order valence-electron chi connectivity index (χ3n) is 4.99. The van der Waals surface area contributed by atoms with Gasteiger partial charge in [-0.15, -0.1) is 0 Å². The highest BCUT2D eigenvalue weighted by molar-refractivity contribution is 7.07. The first kappa shape index (κ1) is 22.3. The Bertz CT molecular complexity index is 1440. The van der Waals surface area contributed by atoms with Crippen LogP contribution in [-0.2, 0) is 9.53 Å². The van der Waals surface area contributed by atoms with Crippen LogP contribution in [0.2, 0.25) is 10.0 Å². The summed E-state index contributed by atoms with van der Waals surface area (Å²) in [4.78, 5) is 31.0. The Morgan fingerprint density at radius 2 is 1.94 bits per heavy atom. The van der Waals surface area contributed by atoms with Crippen LogP contribution >= 0.6 is 34.5 Å². The van der Waals surface area contributed by atoms with Crippen molar-refractivity contribution in [2.24, 2.45) is 4.99 Å². The van der Waals surface area contributed by atoms with Gasteiger partial charge in [-0.3, -0.25) is 9.36 Å². The van der Waals surface area contributed by atoms with Gasteiger partial charge in [0.2, 0.25) is 0 Å². The maximum absolute atomic E-state index is 13.4. The van der Waals surface area contributed by atoms with Crippen LogP contribution in [-0.4, -0.2) is 17.6 Å². The quantitative estimate of drug-likeness (QED) is 0.516. The lowest BCUT2D eigenvalue weighted by Gasteiger charge is -2.21. The first-order valence-corrected chi connectivity index (χ1v) is 11.3. The number of carbonyl (C=O) groups is 1. The van der Waals surface area contributed by atoms with Crippen molar-refractivity contribution in [1.82, 2.24) is 4.57 Å². The molecule has 4 rings (SSSR count). The number of benzene rings is 2. The zero-order valence-corrected chi connectivity index (χ0v) is 19.5. The molecular weight excluding hydrogens is 467 g/mol. The molecule has 32 heavy (non-hydrogen) atoms. The monoisotopic (exact) mass is 484 g/mol. The van der Waals surface area contributed by atoms with Crippen molar-refractivity contribution < 1.29 is 9.53 Å². The summed E-state index contributed by atoms with van der Waals surface area (Å²) in [6.45, 7) is 1.74. The van der Waals surface area contributed by atoms with E-state index < -0.39 is 12.0 Å². The SMILES string of the molecule is COC(=O)C1=C(C)N=c2s/c(=C\c3ccc(Cl)cc3Cl)c(=O)n2[C@@H]1/C=C/c1ccccc1. The number of methoxy groups -OCH3 is 1. The van der Waals surface area contributed by atoms with Crippen LogP contribution in [0.3, 0.4) is 0 Å². The maximum Gasteiger partial charge on any atom is 0.338 e. The average molecular weight is 485 g/mol. The first-order chi connectivity index (χ1) is 15.4. The number of rotatable bonds is 4. The van der Waals surface area contributed by atoms with E-state index in [4.69, 9.17) is 27.9 Å². The molecule has 0 saturated carbocycles. The molecular formula is C24H18Cl2N2O3S. The van der Waals surface area contributed by atoms with Gasteiger partial charge in [-0.1, -0.05) is 83.1 Å². The van der Waals surface area contributed by atoms with Gasteiger partial charge in [0.1, 0.15) is 0 Å². The molecule has 2 aromatic carbocycles.